The van der Waals surface area contributed by atoms with Gasteiger partial charge >= 0.3 is 6.18 Å². The average Bonchev–Trinajstić information content (AvgIpc) is 2.96. The number of hydrogen-bond acceptors (Lipinski definition) is 3. The van der Waals surface area contributed by atoms with Crippen molar-refractivity contribution in [3.8, 4) is 0 Å². The number of nitrogens with one attached hydrogen (secondary N) is 2. The first-order valence-corrected chi connectivity index (χ1v) is 10.9. The van der Waals surface area contributed by atoms with Gasteiger partial charge in [-0.2, -0.15) is 13.2 Å². The van der Waals surface area contributed by atoms with Crippen LogP contribution in [0.25, 0.3) is 0 Å². The highest BCUT2D eigenvalue weighted by Crippen LogP contribution is 2.31. The van der Waals surface area contributed by atoms with E-state index in [2.05, 4.69) is 10.0 Å². The van der Waals surface area contributed by atoms with Gasteiger partial charge in [0.25, 0.3) is 5.91 Å². The van der Waals surface area contributed by atoms with Gasteiger partial charge in [0, 0.05) is 29.0 Å². The fourth-order valence-corrected chi connectivity index (χ4v) is 3.70. The number of carbonyl (C=O) groups is 1. The van der Waals surface area contributed by atoms with E-state index in [0.717, 1.165) is 17.8 Å². The van der Waals surface area contributed by atoms with Crippen molar-refractivity contribution < 1.29 is 26.4 Å². The maximum Gasteiger partial charge on any atom is 0.416 e. The third-order valence-corrected chi connectivity index (χ3v) is 6.06. The van der Waals surface area contributed by atoms with Crippen LogP contribution >= 0.6 is 0 Å². The van der Waals surface area contributed by atoms with Crippen LogP contribution in [-0.2, 0) is 28.2 Å². The minimum absolute atomic E-state index is 0.0250. The smallest absolute Gasteiger partial charge is 0.346 e. The Bertz CT molecular complexity index is 1040. The molecule has 1 amide bonds. The maximum absolute atomic E-state index is 12.9. The van der Waals surface area contributed by atoms with Crippen LogP contribution in [0.4, 0.5) is 18.9 Å². The van der Waals surface area contributed by atoms with E-state index in [-0.39, 0.29) is 29.0 Å². The number of hydrogen-bond donors (Lipinski definition) is 2. The Morgan fingerprint density at radius 3 is 2.30 bits per heavy atom. The van der Waals surface area contributed by atoms with Gasteiger partial charge in [0.2, 0.25) is 10.0 Å². The first kappa shape index (κ1) is 23.9. The standard InChI is InChI=1S/C20H26F3N3O3S/c1-13-16(18(27)25-15-8-6-7-14(11-15)20(21,22)23)12-17(19(2,3)4)26(13)9-10-30(28,29)24-5/h6-8,11-12,24H,9-10H2,1-5H3,(H,25,27). The fourth-order valence-electron chi connectivity index (χ4n) is 3.07. The molecule has 0 spiro atoms. The predicted molar refractivity (Wildman–Crippen MR) is 110 cm³/mol. The molecule has 1 aromatic carbocycles. The van der Waals surface area contributed by atoms with Crippen molar-refractivity contribution in [1.82, 2.24) is 9.29 Å². The van der Waals surface area contributed by atoms with E-state index in [1.807, 2.05) is 20.8 Å². The zero-order valence-corrected chi connectivity index (χ0v) is 18.3. The first-order chi connectivity index (χ1) is 13.7. The molecule has 0 radical (unpaired) electrons. The number of benzene rings is 1. The molecule has 1 aromatic heterocycles. The van der Waals surface area contributed by atoms with Gasteiger partial charge in [0.1, 0.15) is 0 Å². The van der Waals surface area contributed by atoms with Crippen molar-refractivity contribution in [3.05, 3.63) is 52.8 Å². The average molecular weight is 446 g/mol. The zero-order chi connectivity index (χ0) is 22.9. The van der Waals surface area contributed by atoms with E-state index in [1.165, 1.54) is 19.2 Å². The Labute approximate surface area is 174 Å². The van der Waals surface area contributed by atoms with E-state index < -0.39 is 27.7 Å². The molecular formula is C20H26F3N3O3S. The van der Waals surface area contributed by atoms with Crippen LogP contribution in [0.15, 0.2) is 30.3 Å². The summed E-state index contributed by atoms with van der Waals surface area (Å²) in [4.78, 5) is 12.8. The van der Waals surface area contributed by atoms with E-state index in [1.54, 1.807) is 17.6 Å². The Hall–Kier alpha value is -2.33. The quantitative estimate of drug-likeness (QED) is 0.708. The summed E-state index contributed by atoms with van der Waals surface area (Å²) in [7, 11) is -2.12. The SMILES string of the molecule is CNS(=O)(=O)CCn1c(C(C)(C)C)cc(C(=O)Nc2cccc(C(F)(F)F)c2)c1C. The van der Waals surface area contributed by atoms with Crippen molar-refractivity contribution in [2.24, 2.45) is 0 Å². The Kier molecular flexibility index (Phi) is 6.72. The van der Waals surface area contributed by atoms with E-state index in [9.17, 15) is 26.4 Å². The summed E-state index contributed by atoms with van der Waals surface area (Å²) in [6, 6.07) is 6.05. The molecule has 2 rings (SSSR count). The second kappa shape index (κ2) is 8.43. The van der Waals surface area contributed by atoms with Crippen molar-refractivity contribution in [2.45, 2.75) is 45.8 Å². The van der Waals surface area contributed by atoms with Crippen LogP contribution in [0.2, 0.25) is 0 Å². The normalized spacial score (nSPS) is 12.8. The number of amides is 1. The summed E-state index contributed by atoms with van der Waals surface area (Å²) < 4.78 is 66.5. The van der Waals surface area contributed by atoms with Crippen LogP contribution in [0, 0.1) is 6.92 Å². The summed E-state index contributed by atoms with van der Waals surface area (Å²) >= 11 is 0. The van der Waals surface area contributed by atoms with Crippen LogP contribution in [-0.4, -0.2) is 31.7 Å². The number of rotatable bonds is 6. The van der Waals surface area contributed by atoms with Crippen molar-refractivity contribution >= 4 is 21.6 Å². The lowest BCUT2D eigenvalue weighted by Crippen LogP contribution is -2.27. The van der Waals surface area contributed by atoms with Gasteiger partial charge in [-0.1, -0.05) is 26.8 Å². The van der Waals surface area contributed by atoms with Gasteiger partial charge < -0.3 is 9.88 Å². The second-order valence-electron chi connectivity index (χ2n) is 7.99. The third-order valence-electron chi connectivity index (χ3n) is 4.72. The van der Waals surface area contributed by atoms with Gasteiger partial charge in [-0.05, 0) is 38.2 Å². The molecule has 2 aromatic rings. The number of carbonyl (C=O) groups excluding carboxylic acids is 1. The zero-order valence-electron chi connectivity index (χ0n) is 17.5. The maximum atomic E-state index is 12.9. The Morgan fingerprint density at radius 1 is 1.13 bits per heavy atom. The van der Waals surface area contributed by atoms with E-state index >= 15 is 0 Å². The van der Waals surface area contributed by atoms with Crippen molar-refractivity contribution in [2.75, 3.05) is 18.1 Å². The largest absolute Gasteiger partial charge is 0.416 e. The van der Waals surface area contributed by atoms with Crippen molar-refractivity contribution in [1.29, 1.82) is 0 Å². The summed E-state index contributed by atoms with van der Waals surface area (Å²) in [6.07, 6.45) is -4.52. The van der Waals surface area contributed by atoms with Gasteiger partial charge in [0.15, 0.2) is 0 Å². The summed E-state index contributed by atoms with van der Waals surface area (Å²) in [5.41, 5.74) is 0.345. The van der Waals surface area contributed by atoms with Gasteiger partial charge in [-0.3, -0.25) is 4.79 Å². The minimum Gasteiger partial charge on any atom is -0.346 e. The molecule has 1 heterocycles. The molecule has 0 atom stereocenters. The molecule has 30 heavy (non-hydrogen) atoms. The summed E-state index contributed by atoms with van der Waals surface area (Å²) in [5, 5.41) is 2.50. The monoisotopic (exact) mass is 445 g/mol. The predicted octanol–water partition coefficient (Wildman–Crippen LogP) is 3.91. The Balaban J connectivity index is 2.38. The molecule has 0 aliphatic carbocycles. The Morgan fingerprint density at radius 2 is 1.77 bits per heavy atom. The minimum atomic E-state index is -4.52. The molecule has 0 saturated carbocycles. The fraction of sp³-hybridized carbons (Fsp3) is 0.450. The number of sulfonamides is 1. The topological polar surface area (TPSA) is 80.2 Å². The number of aromatic nitrogens is 1. The van der Waals surface area contributed by atoms with E-state index in [4.69, 9.17) is 0 Å². The number of anilines is 1. The lowest BCUT2D eigenvalue weighted by Gasteiger charge is -2.22. The first-order valence-electron chi connectivity index (χ1n) is 9.26. The molecule has 10 heteroatoms. The molecule has 6 nitrogen and oxygen atoms in total. The highest BCUT2D eigenvalue weighted by Gasteiger charge is 2.31. The molecule has 0 aliphatic heterocycles. The second-order valence-corrected chi connectivity index (χ2v) is 10.0. The highest BCUT2D eigenvalue weighted by molar-refractivity contribution is 7.89. The van der Waals surface area contributed by atoms with Crippen LogP contribution in [0.5, 0.6) is 0 Å². The molecule has 0 unspecified atom stereocenters. The molecule has 0 saturated heterocycles. The summed E-state index contributed by atoms with van der Waals surface area (Å²) in [5.74, 6) is -0.732. The number of nitrogens with zero attached hydrogens (tertiary/aromatic N) is 1. The lowest BCUT2D eigenvalue weighted by atomic mass is 9.92. The van der Waals surface area contributed by atoms with Gasteiger partial charge in [-0.15, -0.1) is 0 Å². The number of alkyl halides is 3. The molecule has 166 valence electrons. The van der Waals surface area contributed by atoms with Crippen LogP contribution < -0.4 is 10.0 Å². The lowest BCUT2D eigenvalue weighted by molar-refractivity contribution is -0.137. The van der Waals surface area contributed by atoms with Crippen LogP contribution in [0.1, 0.15) is 48.1 Å². The molecule has 0 fully saturated rings. The summed E-state index contributed by atoms with van der Waals surface area (Å²) in [6.45, 7) is 7.61. The van der Waals surface area contributed by atoms with Gasteiger partial charge in [0.05, 0.1) is 16.9 Å². The van der Waals surface area contributed by atoms with Crippen LogP contribution in [0.3, 0.4) is 0 Å². The molecule has 0 aliphatic rings. The van der Waals surface area contributed by atoms with Gasteiger partial charge in [-0.25, -0.2) is 13.1 Å². The third kappa shape index (κ3) is 5.63. The molecular weight excluding hydrogens is 419 g/mol. The van der Waals surface area contributed by atoms with E-state index in [0.29, 0.717) is 5.69 Å². The highest BCUT2D eigenvalue weighted by atomic mass is 32.2. The molecule has 2 N–H and O–H groups in total. The molecule has 0 bridgehead atoms. The van der Waals surface area contributed by atoms with Crippen molar-refractivity contribution in [3.63, 3.8) is 0 Å². The number of halogens is 3.